The Morgan fingerprint density at radius 3 is 2.88 bits per heavy atom. The lowest BCUT2D eigenvalue weighted by Crippen LogP contribution is -2.39. The first kappa shape index (κ1) is 11.6. The summed E-state index contributed by atoms with van der Waals surface area (Å²) in [6.45, 7) is 6.47. The Morgan fingerprint density at radius 1 is 1.44 bits per heavy atom. The monoisotopic (exact) mass is 222 g/mol. The molecule has 2 N–H and O–H groups in total. The van der Waals surface area contributed by atoms with Crippen LogP contribution in [0.25, 0.3) is 0 Å². The molecule has 1 aliphatic rings. The highest BCUT2D eigenvalue weighted by atomic mass is 15.3. The van der Waals surface area contributed by atoms with E-state index in [1.165, 1.54) is 5.56 Å². The van der Waals surface area contributed by atoms with Gasteiger partial charge in [0.25, 0.3) is 0 Å². The molecule has 1 saturated heterocycles. The zero-order valence-electron chi connectivity index (χ0n) is 10.1. The Morgan fingerprint density at radius 2 is 2.19 bits per heavy atom. The molecule has 0 saturated carbocycles. The lowest BCUT2D eigenvalue weighted by atomic mass is 10.1. The standard InChI is InChI=1S/C12H22N4/c1-2-5-16-10-11(8-14-16)9-15-6-3-12(13)4-7-15/h8,10,12H,2-7,9,13H2,1H3. The topological polar surface area (TPSA) is 47.1 Å². The van der Waals surface area contributed by atoms with E-state index in [1.54, 1.807) is 0 Å². The summed E-state index contributed by atoms with van der Waals surface area (Å²) in [7, 11) is 0. The lowest BCUT2D eigenvalue weighted by Gasteiger charge is -2.29. The molecule has 0 amide bonds. The average molecular weight is 222 g/mol. The maximum atomic E-state index is 5.89. The molecule has 2 rings (SSSR count). The number of nitrogens with zero attached hydrogens (tertiary/aromatic N) is 3. The number of hydrogen-bond donors (Lipinski definition) is 1. The highest BCUT2D eigenvalue weighted by molar-refractivity contribution is 5.03. The molecule has 0 atom stereocenters. The summed E-state index contributed by atoms with van der Waals surface area (Å²) in [5, 5.41) is 4.35. The molecular formula is C12H22N4. The van der Waals surface area contributed by atoms with Crippen LogP contribution in [0.5, 0.6) is 0 Å². The lowest BCUT2D eigenvalue weighted by molar-refractivity contribution is 0.205. The Kier molecular flexibility index (Phi) is 3.96. The first-order chi connectivity index (χ1) is 7.78. The normalized spacial score (nSPS) is 19.1. The van der Waals surface area contributed by atoms with Crippen molar-refractivity contribution < 1.29 is 0 Å². The van der Waals surface area contributed by atoms with E-state index in [0.29, 0.717) is 6.04 Å². The molecule has 4 heteroatoms. The Bertz CT molecular complexity index is 313. The summed E-state index contributed by atoms with van der Waals surface area (Å²) in [6.07, 6.45) is 7.55. The van der Waals surface area contributed by atoms with Crippen molar-refractivity contribution in [3.05, 3.63) is 18.0 Å². The number of piperidine rings is 1. The van der Waals surface area contributed by atoms with E-state index in [0.717, 1.165) is 45.4 Å². The van der Waals surface area contributed by atoms with Gasteiger partial charge in [0, 0.05) is 30.9 Å². The van der Waals surface area contributed by atoms with Gasteiger partial charge in [-0.2, -0.15) is 5.10 Å². The minimum atomic E-state index is 0.416. The molecule has 1 aliphatic heterocycles. The van der Waals surface area contributed by atoms with Crippen molar-refractivity contribution in [2.75, 3.05) is 13.1 Å². The Balaban J connectivity index is 1.83. The number of likely N-dealkylation sites (tertiary alicyclic amines) is 1. The molecule has 16 heavy (non-hydrogen) atoms. The van der Waals surface area contributed by atoms with Gasteiger partial charge < -0.3 is 5.73 Å². The van der Waals surface area contributed by atoms with Gasteiger partial charge in [0.15, 0.2) is 0 Å². The highest BCUT2D eigenvalue weighted by Gasteiger charge is 2.16. The van der Waals surface area contributed by atoms with Crippen LogP contribution in [-0.2, 0) is 13.1 Å². The number of rotatable bonds is 4. The third-order valence-corrected chi connectivity index (χ3v) is 3.18. The molecule has 1 fully saturated rings. The molecule has 0 aromatic carbocycles. The van der Waals surface area contributed by atoms with E-state index in [2.05, 4.69) is 23.1 Å². The zero-order valence-corrected chi connectivity index (χ0v) is 10.1. The third-order valence-electron chi connectivity index (χ3n) is 3.18. The van der Waals surface area contributed by atoms with Crippen molar-refractivity contribution >= 4 is 0 Å². The first-order valence-electron chi connectivity index (χ1n) is 6.27. The van der Waals surface area contributed by atoms with Gasteiger partial charge in [-0.25, -0.2) is 0 Å². The summed E-state index contributed by atoms with van der Waals surface area (Å²) >= 11 is 0. The zero-order chi connectivity index (χ0) is 11.4. The van der Waals surface area contributed by atoms with Crippen LogP contribution in [0, 0.1) is 0 Å². The third kappa shape index (κ3) is 3.06. The van der Waals surface area contributed by atoms with Gasteiger partial charge >= 0.3 is 0 Å². The second kappa shape index (κ2) is 5.46. The molecule has 0 spiro atoms. The van der Waals surface area contributed by atoms with Crippen molar-refractivity contribution in [2.45, 2.75) is 45.3 Å². The van der Waals surface area contributed by atoms with Crippen LogP contribution in [0.4, 0.5) is 0 Å². The van der Waals surface area contributed by atoms with Crippen LogP contribution in [0.1, 0.15) is 31.7 Å². The van der Waals surface area contributed by atoms with Crippen molar-refractivity contribution in [1.82, 2.24) is 14.7 Å². The summed E-state index contributed by atoms with van der Waals surface area (Å²) in [6, 6.07) is 0.416. The summed E-state index contributed by atoms with van der Waals surface area (Å²) < 4.78 is 2.03. The number of nitrogens with two attached hydrogens (primary N) is 1. The van der Waals surface area contributed by atoms with Gasteiger partial charge in [-0.05, 0) is 32.4 Å². The molecule has 0 radical (unpaired) electrons. The summed E-state index contributed by atoms with van der Waals surface area (Å²) in [4.78, 5) is 2.47. The van der Waals surface area contributed by atoms with Gasteiger partial charge in [-0.15, -0.1) is 0 Å². The number of hydrogen-bond acceptors (Lipinski definition) is 3. The van der Waals surface area contributed by atoms with Gasteiger partial charge in [-0.1, -0.05) is 6.92 Å². The smallest absolute Gasteiger partial charge is 0.0534 e. The number of aryl methyl sites for hydroxylation is 1. The average Bonchev–Trinajstić information content (AvgIpc) is 2.70. The molecule has 1 aromatic rings. The maximum Gasteiger partial charge on any atom is 0.0534 e. The van der Waals surface area contributed by atoms with Crippen LogP contribution in [0.2, 0.25) is 0 Å². The van der Waals surface area contributed by atoms with Crippen LogP contribution >= 0.6 is 0 Å². The van der Waals surface area contributed by atoms with Crippen LogP contribution in [0.3, 0.4) is 0 Å². The molecule has 0 unspecified atom stereocenters. The SMILES string of the molecule is CCCn1cc(CN2CCC(N)CC2)cn1. The van der Waals surface area contributed by atoms with Crippen molar-refractivity contribution in [1.29, 1.82) is 0 Å². The van der Waals surface area contributed by atoms with Gasteiger partial charge in [0.2, 0.25) is 0 Å². The van der Waals surface area contributed by atoms with E-state index in [-0.39, 0.29) is 0 Å². The summed E-state index contributed by atoms with van der Waals surface area (Å²) in [5.41, 5.74) is 7.21. The van der Waals surface area contributed by atoms with Crippen LogP contribution < -0.4 is 5.73 Å². The predicted octanol–water partition coefficient (Wildman–Crippen LogP) is 1.22. The molecule has 0 bridgehead atoms. The van der Waals surface area contributed by atoms with Crippen LogP contribution in [0.15, 0.2) is 12.4 Å². The van der Waals surface area contributed by atoms with E-state index >= 15 is 0 Å². The minimum absolute atomic E-state index is 0.416. The fourth-order valence-corrected chi connectivity index (χ4v) is 2.21. The molecule has 90 valence electrons. The van der Waals surface area contributed by atoms with Crippen molar-refractivity contribution in [2.24, 2.45) is 5.73 Å². The van der Waals surface area contributed by atoms with Crippen molar-refractivity contribution in [3.63, 3.8) is 0 Å². The van der Waals surface area contributed by atoms with Gasteiger partial charge in [-0.3, -0.25) is 9.58 Å². The summed E-state index contributed by atoms with van der Waals surface area (Å²) in [5.74, 6) is 0. The number of aromatic nitrogens is 2. The van der Waals surface area contributed by atoms with E-state index in [4.69, 9.17) is 5.73 Å². The fraction of sp³-hybridized carbons (Fsp3) is 0.750. The molecular weight excluding hydrogens is 200 g/mol. The van der Waals surface area contributed by atoms with E-state index < -0.39 is 0 Å². The molecule has 1 aromatic heterocycles. The van der Waals surface area contributed by atoms with Gasteiger partial charge in [0.05, 0.1) is 6.20 Å². The molecule has 0 aliphatic carbocycles. The molecule has 4 nitrogen and oxygen atoms in total. The second-order valence-electron chi connectivity index (χ2n) is 4.73. The fourth-order valence-electron chi connectivity index (χ4n) is 2.21. The predicted molar refractivity (Wildman–Crippen MR) is 65.0 cm³/mol. The van der Waals surface area contributed by atoms with Gasteiger partial charge in [0.1, 0.15) is 0 Å². The largest absolute Gasteiger partial charge is 0.328 e. The minimum Gasteiger partial charge on any atom is -0.328 e. The van der Waals surface area contributed by atoms with Crippen molar-refractivity contribution in [3.8, 4) is 0 Å². The maximum absolute atomic E-state index is 5.89. The quantitative estimate of drug-likeness (QED) is 0.833. The Labute approximate surface area is 97.4 Å². The molecule has 2 heterocycles. The van der Waals surface area contributed by atoms with E-state index in [9.17, 15) is 0 Å². The first-order valence-corrected chi connectivity index (χ1v) is 6.27. The highest BCUT2D eigenvalue weighted by Crippen LogP contribution is 2.12. The Hall–Kier alpha value is -0.870. The van der Waals surface area contributed by atoms with E-state index in [1.807, 2.05) is 10.9 Å². The van der Waals surface area contributed by atoms with Crippen LogP contribution in [-0.4, -0.2) is 33.8 Å². The second-order valence-corrected chi connectivity index (χ2v) is 4.73.